The fourth-order valence-corrected chi connectivity index (χ4v) is 3.85. The summed E-state index contributed by atoms with van der Waals surface area (Å²) in [6.45, 7) is 0.214. The molecule has 1 aliphatic rings. The molecule has 32 heavy (non-hydrogen) atoms. The summed E-state index contributed by atoms with van der Waals surface area (Å²) in [5.41, 5.74) is 3.28. The third kappa shape index (κ3) is 4.51. The summed E-state index contributed by atoms with van der Waals surface area (Å²) in [6, 6.07) is 18.7. The molecule has 0 atom stereocenters. The maximum atomic E-state index is 13.3. The average Bonchev–Trinajstić information content (AvgIpc) is 3.09. The van der Waals surface area contributed by atoms with Gasteiger partial charge in [0.25, 0.3) is 0 Å². The van der Waals surface area contributed by atoms with Crippen molar-refractivity contribution in [3.05, 3.63) is 101 Å². The predicted octanol–water partition coefficient (Wildman–Crippen LogP) is 6.40. The zero-order valence-electron chi connectivity index (χ0n) is 16.8. The summed E-state index contributed by atoms with van der Waals surface area (Å²) in [7, 11) is 0. The Hall–Kier alpha value is -3.61. The molecule has 0 spiro atoms. The third-order valence-electron chi connectivity index (χ3n) is 5.31. The largest absolute Gasteiger partial charge is 0.449 e. The molecule has 1 amide bonds. The van der Waals surface area contributed by atoms with Crippen molar-refractivity contribution in [2.75, 3.05) is 13.2 Å². The van der Waals surface area contributed by atoms with Crippen molar-refractivity contribution in [2.45, 2.75) is 12.1 Å². The van der Waals surface area contributed by atoms with Crippen LogP contribution in [-0.4, -0.2) is 19.2 Å². The smallest absolute Gasteiger partial charge is 0.419 e. The number of fused-ring (bicyclic) bond motifs is 3. The second kappa shape index (κ2) is 8.86. The van der Waals surface area contributed by atoms with E-state index in [0.29, 0.717) is 0 Å². The Morgan fingerprint density at radius 3 is 2.22 bits per heavy atom. The summed E-state index contributed by atoms with van der Waals surface area (Å²) >= 11 is 0. The van der Waals surface area contributed by atoms with Crippen LogP contribution in [0.15, 0.2) is 72.8 Å². The van der Waals surface area contributed by atoms with Crippen molar-refractivity contribution >= 4 is 12.2 Å². The number of nitrogens with one attached hydrogen (secondary N) is 1. The molecule has 1 N–H and O–H groups in total. The minimum Gasteiger partial charge on any atom is -0.449 e. The quantitative estimate of drug-likeness (QED) is 0.466. The van der Waals surface area contributed by atoms with E-state index in [9.17, 15) is 22.4 Å². The molecular weight excluding hydrogens is 422 g/mol. The van der Waals surface area contributed by atoms with Crippen molar-refractivity contribution < 1.29 is 27.1 Å². The molecule has 0 unspecified atom stereocenters. The minimum absolute atomic E-state index is 0.0510. The summed E-state index contributed by atoms with van der Waals surface area (Å²) in [5.74, 6) is -1.39. The van der Waals surface area contributed by atoms with E-state index in [-0.39, 0.29) is 24.6 Å². The number of amides is 1. The molecular formula is C25H19F4NO2. The van der Waals surface area contributed by atoms with Crippen LogP contribution in [0.4, 0.5) is 22.4 Å². The van der Waals surface area contributed by atoms with Gasteiger partial charge in [-0.05, 0) is 39.9 Å². The topological polar surface area (TPSA) is 38.3 Å². The molecule has 3 aromatic carbocycles. The van der Waals surface area contributed by atoms with Crippen molar-refractivity contribution in [1.82, 2.24) is 5.32 Å². The number of hydrogen-bond acceptors (Lipinski definition) is 2. The van der Waals surface area contributed by atoms with E-state index < -0.39 is 23.7 Å². The first-order chi connectivity index (χ1) is 15.3. The summed E-state index contributed by atoms with van der Waals surface area (Å²) in [4.78, 5) is 12.1. The molecule has 3 aromatic rings. The Morgan fingerprint density at radius 1 is 0.969 bits per heavy atom. The molecule has 3 nitrogen and oxygen atoms in total. The van der Waals surface area contributed by atoms with Gasteiger partial charge in [-0.3, -0.25) is 0 Å². The maximum Gasteiger partial charge on any atom is 0.419 e. The number of alkyl halides is 3. The first kappa shape index (κ1) is 21.6. The molecule has 0 saturated heterocycles. The lowest BCUT2D eigenvalue weighted by Crippen LogP contribution is -2.26. The molecule has 0 aromatic heterocycles. The molecule has 4 rings (SSSR count). The van der Waals surface area contributed by atoms with Gasteiger partial charge in [0.15, 0.2) is 0 Å². The maximum absolute atomic E-state index is 13.3. The van der Waals surface area contributed by atoms with Crippen LogP contribution in [0, 0.1) is 5.82 Å². The fourth-order valence-electron chi connectivity index (χ4n) is 3.85. The highest BCUT2D eigenvalue weighted by Gasteiger charge is 2.34. The van der Waals surface area contributed by atoms with Crippen LogP contribution in [0.2, 0.25) is 0 Å². The van der Waals surface area contributed by atoms with Crippen molar-refractivity contribution in [3.8, 4) is 11.1 Å². The van der Waals surface area contributed by atoms with Gasteiger partial charge in [-0.2, -0.15) is 13.2 Å². The number of alkyl carbamates (subject to hydrolysis) is 1. The van der Waals surface area contributed by atoms with Crippen LogP contribution in [0.25, 0.3) is 17.2 Å². The van der Waals surface area contributed by atoms with E-state index in [1.165, 1.54) is 18.2 Å². The molecule has 0 bridgehead atoms. The van der Waals surface area contributed by atoms with E-state index >= 15 is 0 Å². The van der Waals surface area contributed by atoms with E-state index in [1.54, 1.807) is 0 Å². The zero-order valence-corrected chi connectivity index (χ0v) is 16.8. The van der Waals surface area contributed by atoms with E-state index in [0.717, 1.165) is 34.4 Å². The highest BCUT2D eigenvalue weighted by molar-refractivity contribution is 5.79. The molecule has 0 heterocycles. The van der Waals surface area contributed by atoms with Crippen molar-refractivity contribution in [3.63, 3.8) is 0 Å². The number of rotatable bonds is 5. The normalized spacial score (nSPS) is 13.1. The molecule has 0 aliphatic heterocycles. The molecule has 7 heteroatoms. The standard InChI is InChI=1S/C25H19F4NO2/c26-23-12-11-16(14-22(23)25(27,28)29)6-5-13-30-24(31)32-15-21-19-9-3-1-7-17(19)18-8-2-4-10-20(18)21/h1-12,14,21H,13,15H2,(H,30,31). The Bertz CT molecular complexity index is 1130. The van der Waals surface area contributed by atoms with Crippen LogP contribution >= 0.6 is 0 Å². The monoisotopic (exact) mass is 441 g/mol. The Kier molecular flexibility index (Phi) is 5.99. The summed E-state index contributed by atoms with van der Waals surface area (Å²) in [6.07, 6.45) is -2.56. The number of ether oxygens (including phenoxy) is 1. The second-order valence-electron chi connectivity index (χ2n) is 7.35. The number of carbonyl (C=O) groups is 1. The first-order valence-electron chi connectivity index (χ1n) is 9.96. The van der Waals surface area contributed by atoms with E-state index in [1.807, 2.05) is 48.5 Å². The minimum atomic E-state index is -4.77. The van der Waals surface area contributed by atoms with Crippen LogP contribution in [0.5, 0.6) is 0 Å². The molecule has 164 valence electrons. The van der Waals surface area contributed by atoms with Gasteiger partial charge < -0.3 is 10.1 Å². The van der Waals surface area contributed by atoms with Gasteiger partial charge in [0.2, 0.25) is 0 Å². The Balaban J connectivity index is 1.33. The van der Waals surface area contributed by atoms with Crippen LogP contribution in [0.1, 0.15) is 28.2 Å². The number of benzene rings is 3. The van der Waals surface area contributed by atoms with Crippen LogP contribution < -0.4 is 5.32 Å². The van der Waals surface area contributed by atoms with Gasteiger partial charge in [-0.1, -0.05) is 66.7 Å². The summed E-state index contributed by atoms with van der Waals surface area (Å²) < 4.78 is 57.1. The number of hydrogen-bond donors (Lipinski definition) is 1. The van der Waals surface area contributed by atoms with Gasteiger partial charge in [0.05, 0.1) is 5.56 Å². The lowest BCUT2D eigenvalue weighted by molar-refractivity contribution is -0.140. The SMILES string of the molecule is O=C(NCC=Cc1ccc(F)c(C(F)(F)F)c1)OCC1c2ccccc2-c2ccccc21. The Labute approximate surface area is 182 Å². The highest BCUT2D eigenvalue weighted by atomic mass is 19.4. The molecule has 0 fully saturated rings. The zero-order chi connectivity index (χ0) is 22.7. The van der Waals surface area contributed by atoms with Crippen LogP contribution in [-0.2, 0) is 10.9 Å². The van der Waals surface area contributed by atoms with Gasteiger partial charge in [0.1, 0.15) is 12.4 Å². The number of carbonyl (C=O) groups excluding carboxylic acids is 1. The van der Waals surface area contributed by atoms with E-state index in [4.69, 9.17) is 4.74 Å². The lowest BCUT2D eigenvalue weighted by Gasteiger charge is -2.14. The molecule has 0 radical (unpaired) electrons. The second-order valence-corrected chi connectivity index (χ2v) is 7.35. The van der Waals surface area contributed by atoms with Crippen molar-refractivity contribution in [1.29, 1.82) is 0 Å². The van der Waals surface area contributed by atoms with Gasteiger partial charge >= 0.3 is 12.3 Å². The van der Waals surface area contributed by atoms with E-state index in [2.05, 4.69) is 5.32 Å². The lowest BCUT2D eigenvalue weighted by atomic mass is 9.98. The third-order valence-corrected chi connectivity index (χ3v) is 5.31. The first-order valence-corrected chi connectivity index (χ1v) is 9.96. The van der Waals surface area contributed by atoms with Crippen molar-refractivity contribution in [2.24, 2.45) is 0 Å². The predicted molar refractivity (Wildman–Crippen MR) is 114 cm³/mol. The van der Waals surface area contributed by atoms with Crippen LogP contribution in [0.3, 0.4) is 0 Å². The molecule has 1 aliphatic carbocycles. The van der Waals surface area contributed by atoms with Gasteiger partial charge in [-0.25, -0.2) is 9.18 Å². The van der Waals surface area contributed by atoms with Gasteiger partial charge in [-0.15, -0.1) is 0 Å². The van der Waals surface area contributed by atoms with Gasteiger partial charge in [0, 0.05) is 12.5 Å². The number of halogens is 4. The molecule has 0 saturated carbocycles. The fraction of sp³-hybridized carbons (Fsp3) is 0.160. The average molecular weight is 441 g/mol. The Morgan fingerprint density at radius 2 is 1.59 bits per heavy atom. The summed E-state index contributed by atoms with van der Waals surface area (Å²) in [5, 5.41) is 2.54. The highest BCUT2D eigenvalue weighted by Crippen LogP contribution is 2.44.